The Morgan fingerprint density at radius 2 is 1.94 bits per heavy atom. The average molecular weight is 251 g/mol. The van der Waals surface area contributed by atoms with Crippen molar-refractivity contribution in [2.45, 2.75) is 52.9 Å². The zero-order valence-electron chi connectivity index (χ0n) is 12.1. The summed E-state index contributed by atoms with van der Waals surface area (Å²) in [6.07, 6.45) is 0.590. The van der Waals surface area contributed by atoms with Crippen molar-refractivity contribution < 1.29 is 9.15 Å². The van der Waals surface area contributed by atoms with E-state index in [1.54, 1.807) is 0 Å². The van der Waals surface area contributed by atoms with Gasteiger partial charge in [0.2, 0.25) is 0 Å². The number of furan rings is 1. The molecule has 0 amide bonds. The lowest BCUT2D eigenvalue weighted by Crippen LogP contribution is -2.34. The second-order valence-electron chi connectivity index (χ2n) is 5.47. The monoisotopic (exact) mass is 251 g/mol. The lowest BCUT2D eigenvalue weighted by Gasteiger charge is -2.28. The smallest absolute Gasteiger partial charge is 0.121 e. The third-order valence-corrected chi connectivity index (χ3v) is 4.20. The topological polar surface area (TPSA) is 34.4 Å². The van der Waals surface area contributed by atoms with Crippen LogP contribution in [0.25, 0.3) is 0 Å². The number of aryl methyl sites for hydroxylation is 1. The van der Waals surface area contributed by atoms with Crippen LogP contribution >= 0.6 is 0 Å². The van der Waals surface area contributed by atoms with Gasteiger partial charge in [-0.1, -0.05) is 13.8 Å². The molecule has 0 aromatic carbocycles. The van der Waals surface area contributed by atoms with Crippen LogP contribution in [0.2, 0.25) is 0 Å². The van der Waals surface area contributed by atoms with E-state index in [1.165, 1.54) is 0 Å². The maximum Gasteiger partial charge on any atom is 0.121 e. The first-order chi connectivity index (χ1) is 8.54. The fraction of sp³-hybridized carbons (Fsp3) is 0.733. The zero-order chi connectivity index (χ0) is 13.3. The normalized spacial score (nSPS) is 33.8. The number of rotatable bonds is 4. The second kappa shape index (κ2) is 5.45. The Morgan fingerprint density at radius 1 is 1.22 bits per heavy atom. The molecule has 1 aromatic rings. The molecule has 0 aliphatic carbocycles. The molecule has 1 N–H and O–H groups in total. The van der Waals surface area contributed by atoms with E-state index in [-0.39, 0.29) is 12.1 Å². The molecule has 2 rings (SSSR count). The van der Waals surface area contributed by atoms with E-state index in [9.17, 15) is 0 Å². The molecule has 3 heteroatoms. The van der Waals surface area contributed by atoms with Crippen molar-refractivity contribution in [3.05, 3.63) is 23.7 Å². The molecule has 1 aromatic heterocycles. The van der Waals surface area contributed by atoms with E-state index in [4.69, 9.17) is 9.15 Å². The molecule has 1 saturated heterocycles. The minimum Gasteiger partial charge on any atom is -0.465 e. The van der Waals surface area contributed by atoms with Crippen LogP contribution in [0.4, 0.5) is 0 Å². The fourth-order valence-electron chi connectivity index (χ4n) is 3.14. The molecule has 1 aliphatic rings. The number of hydrogen-bond acceptors (Lipinski definition) is 3. The Kier molecular flexibility index (Phi) is 4.13. The molecule has 0 bridgehead atoms. The highest BCUT2D eigenvalue weighted by atomic mass is 16.5. The SMILES string of the molecule is CCNC(c1ccc(C)o1)C1C(C)OC(C)C1C. The van der Waals surface area contributed by atoms with Gasteiger partial charge in [-0.15, -0.1) is 0 Å². The maximum atomic E-state index is 5.96. The van der Waals surface area contributed by atoms with E-state index >= 15 is 0 Å². The molecule has 0 spiro atoms. The quantitative estimate of drug-likeness (QED) is 0.891. The molecular formula is C15H25NO2. The summed E-state index contributed by atoms with van der Waals surface area (Å²) in [5.74, 6) is 3.01. The van der Waals surface area contributed by atoms with Crippen LogP contribution in [0.3, 0.4) is 0 Å². The van der Waals surface area contributed by atoms with Crippen LogP contribution in [-0.4, -0.2) is 18.8 Å². The van der Waals surface area contributed by atoms with Gasteiger partial charge in [0.25, 0.3) is 0 Å². The van der Waals surface area contributed by atoms with E-state index in [1.807, 2.05) is 13.0 Å². The number of ether oxygens (including phenoxy) is 1. The second-order valence-corrected chi connectivity index (χ2v) is 5.47. The number of nitrogens with one attached hydrogen (secondary N) is 1. The van der Waals surface area contributed by atoms with E-state index in [2.05, 4.69) is 39.1 Å². The molecular weight excluding hydrogens is 226 g/mol. The largest absolute Gasteiger partial charge is 0.465 e. The summed E-state index contributed by atoms with van der Waals surface area (Å²) in [5, 5.41) is 3.56. The standard InChI is InChI=1S/C15H25NO2/c1-6-16-15(13-8-7-9(2)17-13)14-10(3)11(4)18-12(14)5/h7-8,10-12,14-16H,6H2,1-5H3. The Hall–Kier alpha value is -0.800. The van der Waals surface area contributed by atoms with Crippen molar-refractivity contribution in [2.24, 2.45) is 11.8 Å². The molecule has 102 valence electrons. The van der Waals surface area contributed by atoms with Crippen LogP contribution < -0.4 is 5.32 Å². The summed E-state index contributed by atoms with van der Waals surface area (Å²) < 4.78 is 11.8. The van der Waals surface area contributed by atoms with Gasteiger partial charge in [0.1, 0.15) is 11.5 Å². The Morgan fingerprint density at radius 3 is 2.39 bits per heavy atom. The van der Waals surface area contributed by atoms with Crippen LogP contribution in [0, 0.1) is 18.8 Å². The molecule has 2 heterocycles. The third kappa shape index (κ3) is 2.47. The molecule has 1 aliphatic heterocycles. The number of hydrogen-bond donors (Lipinski definition) is 1. The highest BCUT2D eigenvalue weighted by Gasteiger charge is 2.42. The minimum absolute atomic E-state index is 0.249. The summed E-state index contributed by atoms with van der Waals surface area (Å²) in [6.45, 7) is 11.7. The van der Waals surface area contributed by atoms with Gasteiger partial charge < -0.3 is 14.5 Å². The molecule has 5 unspecified atom stereocenters. The van der Waals surface area contributed by atoms with Crippen LogP contribution in [0.5, 0.6) is 0 Å². The van der Waals surface area contributed by atoms with Crippen molar-refractivity contribution >= 4 is 0 Å². The van der Waals surface area contributed by atoms with E-state index in [0.717, 1.165) is 18.1 Å². The predicted octanol–water partition coefficient (Wildman–Crippen LogP) is 3.30. The Balaban J connectivity index is 2.24. The summed E-state index contributed by atoms with van der Waals surface area (Å²) in [4.78, 5) is 0. The fourth-order valence-corrected chi connectivity index (χ4v) is 3.14. The van der Waals surface area contributed by atoms with Crippen LogP contribution in [0.15, 0.2) is 16.5 Å². The van der Waals surface area contributed by atoms with Gasteiger partial charge in [-0.25, -0.2) is 0 Å². The summed E-state index contributed by atoms with van der Waals surface area (Å²) >= 11 is 0. The van der Waals surface area contributed by atoms with Crippen molar-refractivity contribution in [1.82, 2.24) is 5.32 Å². The highest BCUT2D eigenvalue weighted by molar-refractivity contribution is 5.12. The Bertz CT molecular complexity index is 388. The van der Waals surface area contributed by atoms with Gasteiger partial charge in [-0.3, -0.25) is 0 Å². The van der Waals surface area contributed by atoms with Crippen molar-refractivity contribution in [3.63, 3.8) is 0 Å². The lowest BCUT2D eigenvalue weighted by molar-refractivity contribution is 0.0465. The van der Waals surface area contributed by atoms with Gasteiger partial charge in [-0.05, 0) is 45.4 Å². The van der Waals surface area contributed by atoms with Gasteiger partial charge >= 0.3 is 0 Å². The van der Waals surface area contributed by atoms with Gasteiger partial charge in [0.05, 0.1) is 18.2 Å². The summed E-state index contributed by atoms with van der Waals surface area (Å²) in [5.41, 5.74) is 0. The minimum atomic E-state index is 0.249. The molecule has 0 radical (unpaired) electrons. The molecule has 18 heavy (non-hydrogen) atoms. The molecule has 5 atom stereocenters. The van der Waals surface area contributed by atoms with Crippen molar-refractivity contribution in [2.75, 3.05) is 6.54 Å². The van der Waals surface area contributed by atoms with Crippen molar-refractivity contribution in [1.29, 1.82) is 0 Å². The molecule has 1 fully saturated rings. The lowest BCUT2D eigenvalue weighted by atomic mass is 9.82. The zero-order valence-corrected chi connectivity index (χ0v) is 12.1. The molecule has 0 saturated carbocycles. The predicted molar refractivity (Wildman–Crippen MR) is 72.5 cm³/mol. The Labute approximate surface area is 110 Å². The van der Waals surface area contributed by atoms with Gasteiger partial charge in [-0.2, -0.15) is 0 Å². The van der Waals surface area contributed by atoms with Crippen molar-refractivity contribution in [3.8, 4) is 0 Å². The van der Waals surface area contributed by atoms with Crippen LogP contribution in [0.1, 0.15) is 45.3 Å². The van der Waals surface area contributed by atoms with Gasteiger partial charge in [0, 0.05) is 5.92 Å². The summed E-state index contributed by atoms with van der Waals surface area (Å²) in [7, 11) is 0. The first kappa shape index (κ1) is 13.6. The molecule has 3 nitrogen and oxygen atoms in total. The van der Waals surface area contributed by atoms with E-state index in [0.29, 0.717) is 17.9 Å². The van der Waals surface area contributed by atoms with E-state index < -0.39 is 0 Å². The van der Waals surface area contributed by atoms with Crippen LogP contribution in [-0.2, 0) is 4.74 Å². The average Bonchev–Trinajstić information content (AvgIpc) is 2.83. The highest BCUT2D eigenvalue weighted by Crippen LogP contribution is 2.40. The maximum absolute atomic E-state index is 5.96. The third-order valence-electron chi connectivity index (χ3n) is 4.20. The first-order valence-electron chi connectivity index (χ1n) is 6.99. The van der Waals surface area contributed by atoms with Gasteiger partial charge in [0.15, 0.2) is 0 Å². The first-order valence-corrected chi connectivity index (χ1v) is 6.99. The summed E-state index contributed by atoms with van der Waals surface area (Å²) in [6, 6.07) is 4.37.